The molecule has 0 aliphatic heterocycles. The number of rotatable bonds is 0. The van der Waals surface area contributed by atoms with Crippen molar-refractivity contribution in [1.82, 2.24) is 0 Å². The second-order valence-corrected chi connectivity index (χ2v) is 2.42. The number of benzene rings is 1. The second kappa shape index (κ2) is 2.58. The number of aryl methyl sites for hydroxylation is 2. The van der Waals surface area contributed by atoms with E-state index >= 15 is 0 Å². The van der Waals surface area contributed by atoms with Gasteiger partial charge in [-0.05, 0) is 43.5 Å². The molecule has 0 unspecified atom stereocenters. The molecule has 0 saturated carbocycles. The average molecular weight is 129 g/mol. The first kappa shape index (κ1) is 6.89. The molecule has 1 aromatic carbocycles. The van der Waals surface area contributed by atoms with Gasteiger partial charge in [0.15, 0.2) is 0 Å². The number of hydrogen-bond donors (Lipinski definition) is 0. The third-order valence-electron chi connectivity index (χ3n) is 1.65. The predicted octanol–water partition coefficient (Wildman–Crippen LogP) is 2.24. The Morgan fingerprint density at radius 2 is 1.90 bits per heavy atom. The van der Waals surface area contributed by atoms with Crippen molar-refractivity contribution in [3.63, 3.8) is 0 Å². The summed E-state index contributed by atoms with van der Waals surface area (Å²) >= 11 is 0. The predicted molar refractivity (Wildman–Crippen MR) is 42.1 cm³/mol. The largest absolute Gasteiger partial charge is 0.0578 e. The summed E-state index contributed by atoms with van der Waals surface area (Å²) in [5, 5.41) is 0. The quantitative estimate of drug-likeness (QED) is 0.471. The lowest BCUT2D eigenvalue weighted by Gasteiger charge is -1.97. The molecule has 0 saturated heterocycles. The van der Waals surface area contributed by atoms with Gasteiger partial charge in [-0.15, -0.1) is 0 Å². The third-order valence-corrected chi connectivity index (χ3v) is 1.65. The van der Waals surface area contributed by atoms with Crippen LogP contribution < -0.4 is 0 Å². The first-order chi connectivity index (χ1) is 4.74. The lowest BCUT2D eigenvalue weighted by atomic mass is 10.1. The van der Waals surface area contributed by atoms with Crippen molar-refractivity contribution in [2.45, 2.75) is 13.8 Å². The van der Waals surface area contributed by atoms with Crippen molar-refractivity contribution in [2.75, 3.05) is 0 Å². The van der Waals surface area contributed by atoms with Gasteiger partial charge in [0.05, 0.1) is 0 Å². The van der Waals surface area contributed by atoms with Crippen molar-refractivity contribution < 1.29 is 0 Å². The Bertz CT molecular complexity index is 277. The van der Waals surface area contributed by atoms with Gasteiger partial charge in [0.2, 0.25) is 0 Å². The van der Waals surface area contributed by atoms with Crippen molar-refractivity contribution in [2.24, 2.45) is 0 Å². The zero-order valence-electron chi connectivity index (χ0n) is 6.23. The Kier molecular flexibility index (Phi) is 1.78. The van der Waals surface area contributed by atoms with Crippen LogP contribution in [-0.2, 0) is 0 Å². The summed E-state index contributed by atoms with van der Waals surface area (Å²) in [7, 11) is 0. The molecule has 0 N–H and O–H groups in total. The summed E-state index contributed by atoms with van der Waals surface area (Å²) in [6, 6.07) is 5.86. The van der Waals surface area contributed by atoms with E-state index in [4.69, 9.17) is 6.42 Å². The lowest BCUT2D eigenvalue weighted by molar-refractivity contribution is 1.33. The highest BCUT2D eigenvalue weighted by atomic mass is 14.0. The van der Waals surface area contributed by atoms with E-state index in [1.807, 2.05) is 25.1 Å². The molecule has 10 heavy (non-hydrogen) atoms. The van der Waals surface area contributed by atoms with Crippen LogP contribution in [0.15, 0.2) is 18.2 Å². The minimum Gasteiger partial charge on any atom is -0.0578 e. The van der Waals surface area contributed by atoms with E-state index < -0.39 is 0 Å². The van der Waals surface area contributed by atoms with E-state index in [1.54, 1.807) is 0 Å². The zero-order chi connectivity index (χ0) is 7.56. The molecule has 1 aromatic rings. The molecule has 0 spiro atoms. The van der Waals surface area contributed by atoms with Crippen molar-refractivity contribution in [1.29, 1.82) is 0 Å². The van der Waals surface area contributed by atoms with Gasteiger partial charge in [0.1, 0.15) is 0 Å². The molecule has 0 aromatic heterocycles. The van der Waals surface area contributed by atoms with Gasteiger partial charge in [0, 0.05) is 5.56 Å². The van der Waals surface area contributed by atoms with Crippen LogP contribution in [0.3, 0.4) is 0 Å². The minimum absolute atomic E-state index is 0.850. The van der Waals surface area contributed by atoms with E-state index in [0.717, 1.165) is 5.56 Å². The van der Waals surface area contributed by atoms with Crippen LogP contribution in [0.1, 0.15) is 16.7 Å². The molecule has 0 amide bonds. The van der Waals surface area contributed by atoms with Crippen molar-refractivity contribution in [3.8, 4) is 5.92 Å². The molecule has 1 rings (SSSR count). The Balaban J connectivity index is 3.20. The minimum atomic E-state index is 0.850. The normalized spacial score (nSPS) is 8.90. The van der Waals surface area contributed by atoms with E-state index in [9.17, 15) is 0 Å². The van der Waals surface area contributed by atoms with Crippen LogP contribution in [-0.4, -0.2) is 0 Å². The smallest absolute Gasteiger partial charge is 0.0258 e. The molecule has 0 heterocycles. The molecule has 0 fully saturated rings. The molecule has 49 valence electrons. The van der Waals surface area contributed by atoms with Crippen LogP contribution in [0, 0.1) is 26.2 Å². The first-order valence-corrected chi connectivity index (χ1v) is 3.24. The molecule has 0 heteroatoms. The molecule has 0 nitrogen and oxygen atoms in total. The molecule has 0 bridgehead atoms. The molecule has 0 atom stereocenters. The molecule has 1 radical (unpaired) electrons. The standard InChI is InChI=1S/C10H9/c1-4-10-6-5-8(2)9(3)7-10/h5-7H,2-3H3. The van der Waals surface area contributed by atoms with E-state index in [0.29, 0.717) is 0 Å². The summed E-state index contributed by atoms with van der Waals surface area (Å²) in [5.74, 6) is 2.34. The summed E-state index contributed by atoms with van der Waals surface area (Å²) in [4.78, 5) is 0. The van der Waals surface area contributed by atoms with Crippen LogP contribution in [0.25, 0.3) is 0 Å². The summed E-state index contributed by atoms with van der Waals surface area (Å²) in [6.07, 6.45) is 6.86. The molecule has 0 aliphatic rings. The highest BCUT2D eigenvalue weighted by Crippen LogP contribution is 2.07. The summed E-state index contributed by atoms with van der Waals surface area (Å²) in [5.41, 5.74) is 3.33. The highest BCUT2D eigenvalue weighted by molar-refractivity contribution is 5.37. The fraction of sp³-hybridized carbons (Fsp3) is 0.200. The Morgan fingerprint density at radius 1 is 1.20 bits per heavy atom. The Morgan fingerprint density at radius 3 is 2.40 bits per heavy atom. The van der Waals surface area contributed by atoms with Crippen LogP contribution in [0.5, 0.6) is 0 Å². The third kappa shape index (κ3) is 1.19. The SMILES string of the molecule is [C]#Cc1ccc(C)c(C)c1. The van der Waals surface area contributed by atoms with Gasteiger partial charge in [-0.3, -0.25) is 0 Å². The van der Waals surface area contributed by atoms with Crippen LogP contribution in [0.4, 0.5) is 0 Å². The van der Waals surface area contributed by atoms with E-state index in [2.05, 4.69) is 12.8 Å². The summed E-state index contributed by atoms with van der Waals surface area (Å²) in [6.45, 7) is 4.10. The van der Waals surface area contributed by atoms with Gasteiger partial charge < -0.3 is 0 Å². The van der Waals surface area contributed by atoms with Gasteiger partial charge >= 0.3 is 0 Å². The van der Waals surface area contributed by atoms with E-state index in [1.165, 1.54) is 11.1 Å². The maximum Gasteiger partial charge on any atom is 0.0258 e. The van der Waals surface area contributed by atoms with Gasteiger partial charge in [0.25, 0.3) is 0 Å². The fourth-order valence-corrected chi connectivity index (χ4v) is 0.819. The maximum atomic E-state index is 6.86. The van der Waals surface area contributed by atoms with Crippen LogP contribution in [0.2, 0.25) is 0 Å². The van der Waals surface area contributed by atoms with E-state index in [-0.39, 0.29) is 0 Å². The molecular formula is C10H9. The van der Waals surface area contributed by atoms with Crippen molar-refractivity contribution in [3.05, 3.63) is 41.3 Å². The zero-order valence-corrected chi connectivity index (χ0v) is 6.23. The lowest BCUT2D eigenvalue weighted by Crippen LogP contribution is -1.81. The second-order valence-electron chi connectivity index (χ2n) is 2.42. The monoisotopic (exact) mass is 129 g/mol. The molecular weight excluding hydrogens is 120 g/mol. The summed E-state index contributed by atoms with van der Waals surface area (Å²) < 4.78 is 0. The number of hydrogen-bond acceptors (Lipinski definition) is 0. The van der Waals surface area contributed by atoms with Gasteiger partial charge in [-0.25, -0.2) is 0 Å². The Hall–Kier alpha value is -1.22. The first-order valence-electron chi connectivity index (χ1n) is 3.24. The van der Waals surface area contributed by atoms with Gasteiger partial charge in [-0.1, -0.05) is 12.0 Å². The maximum absolute atomic E-state index is 6.86. The molecule has 0 aliphatic carbocycles. The average Bonchev–Trinajstić information content (AvgIpc) is 1.95. The Labute approximate surface area is 61.9 Å². The topological polar surface area (TPSA) is 0 Å². The van der Waals surface area contributed by atoms with Crippen LogP contribution >= 0.6 is 0 Å². The highest BCUT2D eigenvalue weighted by Gasteiger charge is 1.91. The fourth-order valence-electron chi connectivity index (χ4n) is 0.819. The van der Waals surface area contributed by atoms with Gasteiger partial charge in [-0.2, -0.15) is 0 Å². The van der Waals surface area contributed by atoms with Crippen molar-refractivity contribution >= 4 is 0 Å².